The summed E-state index contributed by atoms with van der Waals surface area (Å²) in [6, 6.07) is 6.18. The molecule has 0 heterocycles. The van der Waals surface area contributed by atoms with Gasteiger partial charge in [0, 0.05) is 19.2 Å². The van der Waals surface area contributed by atoms with Crippen molar-refractivity contribution in [1.82, 2.24) is 4.90 Å². The van der Waals surface area contributed by atoms with E-state index in [-0.39, 0.29) is 5.91 Å². The number of carbonyl (C=O) groups is 1. The van der Waals surface area contributed by atoms with Crippen molar-refractivity contribution in [3.63, 3.8) is 0 Å². The Morgan fingerprint density at radius 3 is 2.79 bits per heavy atom. The number of nitrogens with two attached hydrogens (primary N) is 1. The third-order valence-corrected chi connectivity index (χ3v) is 3.89. The zero-order valence-corrected chi connectivity index (χ0v) is 11.8. The summed E-state index contributed by atoms with van der Waals surface area (Å²) >= 11 is 0. The van der Waals surface area contributed by atoms with E-state index < -0.39 is 0 Å². The molecule has 1 amide bonds. The van der Waals surface area contributed by atoms with Gasteiger partial charge in [0.2, 0.25) is 0 Å². The van der Waals surface area contributed by atoms with Crippen molar-refractivity contribution in [3.8, 4) is 0 Å². The molecule has 0 saturated carbocycles. The van der Waals surface area contributed by atoms with Gasteiger partial charge in [-0.3, -0.25) is 4.79 Å². The fraction of sp³-hybridized carbons (Fsp3) is 0.562. The highest BCUT2D eigenvalue weighted by atomic mass is 16.2. The molecule has 1 aromatic carbocycles. The zero-order chi connectivity index (χ0) is 13.7. The largest absolute Gasteiger partial charge is 0.342 e. The predicted molar refractivity (Wildman–Crippen MR) is 78.3 cm³/mol. The number of hydrogen-bond acceptors (Lipinski definition) is 2. The van der Waals surface area contributed by atoms with Crippen molar-refractivity contribution in [2.24, 2.45) is 5.73 Å². The Bertz CT molecular complexity index is 442. The van der Waals surface area contributed by atoms with Crippen molar-refractivity contribution in [3.05, 3.63) is 34.9 Å². The maximum atomic E-state index is 12.3. The number of benzene rings is 1. The van der Waals surface area contributed by atoms with Gasteiger partial charge in [-0.2, -0.15) is 0 Å². The molecule has 104 valence electrons. The minimum atomic E-state index is 0.141. The van der Waals surface area contributed by atoms with Gasteiger partial charge in [-0.15, -0.1) is 0 Å². The molecule has 2 N–H and O–H groups in total. The summed E-state index contributed by atoms with van der Waals surface area (Å²) in [5, 5.41) is 0. The van der Waals surface area contributed by atoms with Crippen LogP contribution in [0.3, 0.4) is 0 Å². The Labute approximate surface area is 115 Å². The summed E-state index contributed by atoms with van der Waals surface area (Å²) in [4.78, 5) is 14.1. The monoisotopic (exact) mass is 260 g/mol. The maximum absolute atomic E-state index is 12.3. The van der Waals surface area contributed by atoms with Gasteiger partial charge in [0.25, 0.3) is 5.91 Å². The molecule has 0 atom stereocenters. The van der Waals surface area contributed by atoms with E-state index in [9.17, 15) is 4.79 Å². The zero-order valence-electron chi connectivity index (χ0n) is 11.8. The van der Waals surface area contributed by atoms with Crippen LogP contribution < -0.4 is 5.73 Å². The fourth-order valence-corrected chi connectivity index (χ4v) is 2.70. The Hall–Kier alpha value is -1.35. The number of carbonyl (C=O) groups excluding carboxylic acids is 1. The standard InChI is InChI=1S/C16H24N2O/c1-18(11-4-2-3-10-17)16(19)15-9-8-13-6-5-7-14(13)12-15/h8-9,12H,2-7,10-11,17H2,1H3. The van der Waals surface area contributed by atoms with Crippen molar-refractivity contribution in [2.75, 3.05) is 20.1 Å². The van der Waals surface area contributed by atoms with Gasteiger partial charge in [-0.25, -0.2) is 0 Å². The van der Waals surface area contributed by atoms with Gasteiger partial charge in [0.05, 0.1) is 0 Å². The van der Waals surface area contributed by atoms with E-state index in [1.807, 2.05) is 18.0 Å². The summed E-state index contributed by atoms with van der Waals surface area (Å²) in [6.07, 6.45) is 6.68. The molecule has 0 fully saturated rings. The van der Waals surface area contributed by atoms with Crippen LogP contribution in [0.4, 0.5) is 0 Å². The van der Waals surface area contributed by atoms with Crippen LogP contribution in [0.2, 0.25) is 0 Å². The van der Waals surface area contributed by atoms with Gasteiger partial charge in [0.1, 0.15) is 0 Å². The molecule has 1 aliphatic carbocycles. The van der Waals surface area contributed by atoms with Gasteiger partial charge in [-0.05, 0) is 61.9 Å². The van der Waals surface area contributed by atoms with E-state index in [0.717, 1.165) is 44.3 Å². The molecular weight excluding hydrogens is 236 g/mol. The van der Waals surface area contributed by atoms with E-state index in [1.54, 1.807) is 0 Å². The molecule has 0 saturated heterocycles. The Morgan fingerprint density at radius 1 is 1.21 bits per heavy atom. The van der Waals surface area contributed by atoms with E-state index in [0.29, 0.717) is 0 Å². The average Bonchev–Trinajstić information content (AvgIpc) is 2.89. The topological polar surface area (TPSA) is 46.3 Å². The van der Waals surface area contributed by atoms with Crippen molar-refractivity contribution >= 4 is 5.91 Å². The Morgan fingerprint density at radius 2 is 2.00 bits per heavy atom. The van der Waals surface area contributed by atoms with Gasteiger partial charge >= 0.3 is 0 Å². The quantitative estimate of drug-likeness (QED) is 0.798. The molecule has 3 nitrogen and oxygen atoms in total. The van der Waals surface area contributed by atoms with E-state index in [1.165, 1.54) is 24.0 Å². The first-order valence-corrected chi connectivity index (χ1v) is 7.29. The van der Waals surface area contributed by atoms with Crippen molar-refractivity contribution < 1.29 is 4.79 Å². The van der Waals surface area contributed by atoms with Crippen LogP contribution in [0.25, 0.3) is 0 Å². The highest BCUT2D eigenvalue weighted by Gasteiger charge is 2.16. The second kappa shape index (κ2) is 6.71. The summed E-state index contributed by atoms with van der Waals surface area (Å²) < 4.78 is 0. The summed E-state index contributed by atoms with van der Waals surface area (Å²) in [5.74, 6) is 0.141. The number of amides is 1. The van der Waals surface area contributed by atoms with E-state index in [4.69, 9.17) is 5.73 Å². The number of hydrogen-bond donors (Lipinski definition) is 1. The molecule has 2 rings (SSSR count). The summed E-state index contributed by atoms with van der Waals surface area (Å²) in [5.41, 5.74) is 9.08. The van der Waals surface area contributed by atoms with Crippen LogP contribution in [0.15, 0.2) is 18.2 Å². The third-order valence-electron chi connectivity index (χ3n) is 3.89. The van der Waals surface area contributed by atoms with E-state index in [2.05, 4.69) is 12.1 Å². The lowest BCUT2D eigenvalue weighted by molar-refractivity contribution is 0.0792. The maximum Gasteiger partial charge on any atom is 0.253 e. The van der Waals surface area contributed by atoms with Crippen LogP contribution in [0.1, 0.15) is 47.2 Å². The number of nitrogens with zero attached hydrogens (tertiary/aromatic N) is 1. The number of rotatable bonds is 6. The van der Waals surface area contributed by atoms with E-state index >= 15 is 0 Å². The van der Waals surface area contributed by atoms with Crippen LogP contribution in [-0.2, 0) is 12.8 Å². The second-order valence-corrected chi connectivity index (χ2v) is 5.41. The van der Waals surface area contributed by atoms with Crippen molar-refractivity contribution in [1.29, 1.82) is 0 Å². The SMILES string of the molecule is CN(CCCCCN)C(=O)c1ccc2c(c1)CCC2. The number of aryl methyl sites for hydroxylation is 2. The first-order chi connectivity index (χ1) is 9.22. The number of fused-ring (bicyclic) bond motifs is 1. The molecular formula is C16H24N2O. The van der Waals surface area contributed by atoms with Crippen LogP contribution in [-0.4, -0.2) is 30.9 Å². The predicted octanol–water partition coefficient (Wildman–Crippen LogP) is 2.38. The molecule has 0 radical (unpaired) electrons. The molecule has 0 unspecified atom stereocenters. The first-order valence-electron chi connectivity index (χ1n) is 7.29. The Balaban J connectivity index is 1.91. The summed E-state index contributed by atoms with van der Waals surface area (Å²) in [7, 11) is 1.89. The van der Waals surface area contributed by atoms with Crippen LogP contribution >= 0.6 is 0 Å². The van der Waals surface area contributed by atoms with Gasteiger partial charge in [-0.1, -0.05) is 12.5 Å². The van der Waals surface area contributed by atoms with Gasteiger partial charge in [0.15, 0.2) is 0 Å². The lowest BCUT2D eigenvalue weighted by Gasteiger charge is -2.17. The normalized spacial score (nSPS) is 13.4. The number of unbranched alkanes of at least 4 members (excludes halogenated alkanes) is 2. The molecule has 0 aromatic heterocycles. The fourth-order valence-electron chi connectivity index (χ4n) is 2.70. The minimum absolute atomic E-state index is 0.141. The first kappa shape index (κ1) is 14.1. The molecule has 0 bridgehead atoms. The highest BCUT2D eigenvalue weighted by Crippen LogP contribution is 2.23. The van der Waals surface area contributed by atoms with Crippen LogP contribution in [0.5, 0.6) is 0 Å². The average molecular weight is 260 g/mol. The van der Waals surface area contributed by atoms with Crippen molar-refractivity contribution in [2.45, 2.75) is 38.5 Å². The van der Waals surface area contributed by atoms with Gasteiger partial charge < -0.3 is 10.6 Å². The summed E-state index contributed by atoms with van der Waals surface area (Å²) in [6.45, 7) is 1.55. The van der Waals surface area contributed by atoms with Crippen LogP contribution in [0, 0.1) is 0 Å². The molecule has 3 heteroatoms. The molecule has 0 spiro atoms. The lowest BCUT2D eigenvalue weighted by atomic mass is 10.1. The highest BCUT2D eigenvalue weighted by molar-refractivity contribution is 5.94. The lowest BCUT2D eigenvalue weighted by Crippen LogP contribution is -2.27. The molecule has 19 heavy (non-hydrogen) atoms. The molecule has 0 aliphatic heterocycles. The smallest absolute Gasteiger partial charge is 0.253 e. The molecule has 1 aliphatic rings. The second-order valence-electron chi connectivity index (χ2n) is 5.41. The Kier molecular flexibility index (Phi) is 4.97. The third kappa shape index (κ3) is 3.57. The minimum Gasteiger partial charge on any atom is -0.342 e. The molecule has 1 aromatic rings.